The highest BCUT2D eigenvalue weighted by atomic mass is 32.2. The summed E-state index contributed by atoms with van der Waals surface area (Å²) in [6, 6.07) is 8.82. The van der Waals surface area contributed by atoms with E-state index in [1.165, 1.54) is 33.4 Å². The maximum atomic E-state index is 13.5. The van der Waals surface area contributed by atoms with Gasteiger partial charge in [-0.05, 0) is 68.1 Å². The number of hydrogen-bond donors (Lipinski definition) is 4. The Hall–Kier alpha value is -3.64. The number of sulfonamides is 1. The Kier molecular flexibility index (Phi) is 10.3. The van der Waals surface area contributed by atoms with Crippen molar-refractivity contribution in [1.29, 1.82) is 0 Å². The molecule has 5 N–H and O–H groups in total. The minimum atomic E-state index is -3.69. The third-order valence-electron chi connectivity index (χ3n) is 6.77. The van der Waals surface area contributed by atoms with E-state index in [1.807, 2.05) is 0 Å². The number of aliphatic imine (C=N–C) groups is 1. The van der Waals surface area contributed by atoms with Crippen molar-refractivity contribution >= 4 is 33.5 Å². The standard InChI is InChI=1S/C27H37N5O6S/c1-17-10-12-20(39(35,36)29-2)16-21(17)30-26(34)25(19-8-6-5-7-9-19)32-27(28)31-24(33)15-18-11-13-22(37-3)23(14-18)38-4/h10-14,16,19,25,29H,5-9,15H2,1-4H3,(H,30,34)(H3,28,31,32,33)/t25-/m1/s1. The number of ether oxygens (including phenoxy) is 2. The Morgan fingerprint density at radius 3 is 2.38 bits per heavy atom. The van der Waals surface area contributed by atoms with Gasteiger partial charge in [0.05, 0.1) is 25.5 Å². The maximum Gasteiger partial charge on any atom is 0.249 e. The summed E-state index contributed by atoms with van der Waals surface area (Å²) < 4.78 is 37.3. The van der Waals surface area contributed by atoms with Crippen LogP contribution < -0.4 is 30.6 Å². The van der Waals surface area contributed by atoms with E-state index in [1.54, 1.807) is 31.2 Å². The number of nitrogens with zero attached hydrogens (tertiary/aromatic N) is 1. The average Bonchev–Trinajstić information content (AvgIpc) is 2.93. The van der Waals surface area contributed by atoms with Crippen LogP contribution in [0.15, 0.2) is 46.3 Å². The smallest absolute Gasteiger partial charge is 0.249 e. The lowest BCUT2D eigenvalue weighted by Crippen LogP contribution is -2.42. The van der Waals surface area contributed by atoms with Crippen LogP contribution in [0, 0.1) is 12.8 Å². The predicted octanol–water partition coefficient (Wildman–Crippen LogP) is 2.48. The van der Waals surface area contributed by atoms with E-state index in [9.17, 15) is 18.0 Å². The van der Waals surface area contributed by atoms with E-state index in [0.29, 0.717) is 28.3 Å². The number of carbonyl (C=O) groups is 2. The van der Waals surface area contributed by atoms with Crippen LogP contribution in [0.2, 0.25) is 0 Å². The van der Waals surface area contributed by atoms with Gasteiger partial charge in [-0.15, -0.1) is 0 Å². The number of guanidine groups is 1. The fourth-order valence-corrected chi connectivity index (χ4v) is 5.36. The lowest BCUT2D eigenvalue weighted by atomic mass is 9.83. The maximum absolute atomic E-state index is 13.5. The molecule has 2 amide bonds. The second-order valence-electron chi connectivity index (χ2n) is 9.45. The van der Waals surface area contributed by atoms with E-state index in [2.05, 4.69) is 20.3 Å². The highest BCUT2D eigenvalue weighted by Crippen LogP contribution is 2.30. The molecule has 1 fully saturated rings. The molecule has 0 aliphatic heterocycles. The van der Waals surface area contributed by atoms with Crippen molar-refractivity contribution < 1.29 is 27.5 Å². The van der Waals surface area contributed by atoms with Gasteiger partial charge in [0, 0.05) is 5.69 Å². The monoisotopic (exact) mass is 559 g/mol. The second kappa shape index (κ2) is 13.4. The number of rotatable bonds is 10. The molecule has 2 aromatic rings. The first kappa shape index (κ1) is 29.9. The van der Waals surface area contributed by atoms with Crippen LogP contribution in [0.5, 0.6) is 11.5 Å². The molecular weight excluding hydrogens is 522 g/mol. The van der Waals surface area contributed by atoms with Gasteiger partial charge in [-0.3, -0.25) is 14.9 Å². The topological polar surface area (TPSA) is 161 Å². The summed E-state index contributed by atoms with van der Waals surface area (Å²) in [5.41, 5.74) is 7.85. The van der Waals surface area contributed by atoms with Crippen molar-refractivity contribution in [2.24, 2.45) is 16.6 Å². The molecule has 0 aromatic heterocycles. The third-order valence-corrected chi connectivity index (χ3v) is 8.18. The summed E-state index contributed by atoms with van der Waals surface area (Å²) in [6.45, 7) is 1.77. The summed E-state index contributed by atoms with van der Waals surface area (Å²) in [6.07, 6.45) is 4.61. The highest BCUT2D eigenvalue weighted by Gasteiger charge is 2.30. The molecule has 1 aliphatic carbocycles. The number of benzene rings is 2. The number of methoxy groups -OCH3 is 2. The molecule has 0 bridgehead atoms. The molecule has 1 aliphatic rings. The Morgan fingerprint density at radius 1 is 1.05 bits per heavy atom. The fourth-order valence-electron chi connectivity index (χ4n) is 4.60. The van der Waals surface area contributed by atoms with Crippen LogP contribution in [0.25, 0.3) is 0 Å². The van der Waals surface area contributed by atoms with Crippen LogP contribution >= 0.6 is 0 Å². The van der Waals surface area contributed by atoms with Crippen molar-refractivity contribution in [2.75, 3.05) is 26.6 Å². The fraction of sp³-hybridized carbons (Fsp3) is 0.444. The van der Waals surface area contributed by atoms with Gasteiger partial charge in [-0.2, -0.15) is 0 Å². The Balaban J connectivity index is 1.79. The minimum absolute atomic E-state index is 0.0167. The van der Waals surface area contributed by atoms with Crippen LogP contribution in [0.4, 0.5) is 5.69 Å². The SMILES string of the molecule is CNS(=O)(=O)c1ccc(C)c(NC(=O)[C@H](N=C(N)NC(=O)Cc2ccc(OC)c(OC)c2)C2CCCCC2)c1. The van der Waals surface area contributed by atoms with E-state index in [4.69, 9.17) is 15.2 Å². The number of anilines is 1. The molecule has 2 aromatic carbocycles. The van der Waals surface area contributed by atoms with E-state index >= 15 is 0 Å². The van der Waals surface area contributed by atoms with Gasteiger partial charge in [0.1, 0.15) is 6.04 Å². The van der Waals surface area contributed by atoms with Crippen LogP contribution in [-0.2, 0) is 26.0 Å². The predicted molar refractivity (Wildman–Crippen MR) is 149 cm³/mol. The molecule has 0 spiro atoms. The lowest BCUT2D eigenvalue weighted by Gasteiger charge is -2.27. The number of hydrogen-bond acceptors (Lipinski definition) is 7. The average molecular weight is 560 g/mol. The van der Waals surface area contributed by atoms with E-state index < -0.39 is 27.9 Å². The molecule has 0 radical (unpaired) electrons. The quantitative estimate of drug-likeness (QED) is 0.257. The van der Waals surface area contributed by atoms with Gasteiger partial charge < -0.3 is 20.5 Å². The van der Waals surface area contributed by atoms with Crippen molar-refractivity contribution in [1.82, 2.24) is 10.0 Å². The largest absolute Gasteiger partial charge is 0.493 e. The number of aryl methyl sites for hydroxylation is 1. The van der Waals surface area contributed by atoms with Gasteiger partial charge in [0.2, 0.25) is 21.8 Å². The molecule has 0 heterocycles. The first-order valence-electron chi connectivity index (χ1n) is 12.8. The molecule has 3 rings (SSSR count). The third kappa shape index (κ3) is 7.93. The zero-order chi connectivity index (χ0) is 28.6. The highest BCUT2D eigenvalue weighted by molar-refractivity contribution is 7.89. The Bertz CT molecular complexity index is 1320. The molecule has 212 valence electrons. The summed E-state index contributed by atoms with van der Waals surface area (Å²) >= 11 is 0. The molecule has 0 saturated heterocycles. The second-order valence-corrected chi connectivity index (χ2v) is 11.3. The number of nitrogens with one attached hydrogen (secondary N) is 3. The summed E-state index contributed by atoms with van der Waals surface area (Å²) in [5.74, 6) is 0.0148. The molecule has 1 saturated carbocycles. The number of nitrogens with two attached hydrogens (primary N) is 1. The first-order valence-corrected chi connectivity index (χ1v) is 14.2. The zero-order valence-corrected chi connectivity index (χ0v) is 23.6. The molecule has 39 heavy (non-hydrogen) atoms. The van der Waals surface area contributed by atoms with Gasteiger partial charge in [0.25, 0.3) is 0 Å². The minimum Gasteiger partial charge on any atom is -0.493 e. The van der Waals surface area contributed by atoms with Crippen LogP contribution in [0.3, 0.4) is 0 Å². The van der Waals surface area contributed by atoms with Gasteiger partial charge in [0.15, 0.2) is 17.5 Å². The van der Waals surface area contributed by atoms with Crippen molar-refractivity contribution in [3.05, 3.63) is 47.5 Å². The molecular formula is C27H37N5O6S. The van der Waals surface area contributed by atoms with Gasteiger partial charge in [-0.1, -0.05) is 31.4 Å². The van der Waals surface area contributed by atoms with Crippen molar-refractivity contribution in [2.45, 2.75) is 56.4 Å². The lowest BCUT2D eigenvalue weighted by molar-refractivity contribution is -0.120. The zero-order valence-electron chi connectivity index (χ0n) is 22.7. The van der Waals surface area contributed by atoms with Gasteiger partial charge in [-0.25, -0.2) is 18.1 Å². The molecule has 11 nitrogen and oxygen atoms in total. The van der Waals surface area contributed by atoms with Crippen molar-refractivity contribution in [3.8, 4) is 11.5 Å². The number of amides is 2. The van der Waals surface area contributed by atoms with Crippen LogP contribution in [-0.4, -0.2) is 53.5 Å². The summed E-state index contributed by atoms with van der Waals surface area (Å²) in [7, 11) is 0.675. The summed E-state index contributed by atoms with van der Waals surface area (Å²) in [4.78, 5) is 30.6. The summed E-state index contributed by atoms with van der Waals surface area (Å²) in [5, 5.41) is 5.41. The normalized spacial score (nSPS) is 15.3. The van der Waals surface area contributed by atoms with E-state index in [0.717, 1.165) is 32.1 Å². The van der Waals surface area contributed by atoms with E-state index in [-0.39, 0.29) is 23.2 Å². The van der Waals surface area contributed by atoms with Gasteiger partial charge >= 0.3 is 0 Å². The van der Waals surface area contributed by atoms with Crippen LogP contribution in [0.1, 0.15) is 43.2 Å². The molecule has 0 unspecified atom stereocenters. The Labute approximate surface area is 229 Å². The molecule has 1 atom stereocenters. The first-order chi connectivity index (χ1) is 18.6. The van der Waals surface area contributed by atoms with Crippen molar-refractivity contribution in [3.63, 3.8) is 0 Å². The molecule has 12 heteroatoms. The number of carbonyl (C=O) groups excluding carboxylic acids is 2. The Morgan fingerprint density at radius 2 is 1.74 bits per heavy atom.